The maximum absolute atomic E-state index is 11.0. The molecule has 0 aliphatic rings. The minimum Gasteiger partial charge on any atom is -0.366 e. The third-order valence-corrected chi connectivity index (χ3v) is 2.25. The second-order valence-electron chi connectivity index (χ2n) is 3.85. The molecule has 0 saturated heterocycles. The molecule has 15 heavy (non-hydrogen) atoms. The summed E-state index contributed by atoms with van der Waals surface area (Å²) in [6.45, 7) is 6.19. The van der Waals surface area contributed by atoms with Crippen molar-refractivity contribution >= 4 is 12.0 Å². The Morgan fingerprint density at radius 3 is 2.53 bits per heavy atom. The molecule has 0 unspecified atom stereocenters. The summed E-state index contributed by atoms with van der Waals surface area (Å²) in [5.41, 5.74) is 9.39. The van der Waals surface area contributed by atoms with Crippen molar-refractivity contribution < 1.29 is 4.79 Å². The van der Waals surface area contributed by atoms with Gasteiger partial charge >= 0.3 is 0 Å². The summed E-state index contributed by atoms with van der Waals surface area (Å²) in [6.07, 6.45) is 3.02. The first-order valence-corrected chi connectivity index (χ1v) is 5.12. The van der Waals surface area contributed by atoms with E-state index in [2.05, 4.69) is 26.8 Å². The van der Waals surface area contributed by atoms with Crippen LogP contribution in [0.15, 0.2) is 23.8 Å². The lowest BCUT2D eigenvalue weighted by molar-refractivity contribution is 0.1000. The standard InChI is InChI=1S/C13H17NO/c1-4-10-8-12(13(14)15)6-5-11(10)7-9(2)3/h5-8H,4H2,1-3H3,(H2,14,15). The molecular weight excluding hydrogens is 186 g/mol. The van der Waals surface area contributed by atoms with E-state index in [-0.39, 0.29) is 5.91 Å². The van der Waals surface area contributed by atoms with Gasteiger partial charge in [-0.25, -0.2) is 0 Å². The third kappa shape index (κ3) is 2.94. The van der Waals surface area contributed by atoms with E-state index in [1.165, 1.54) is 11.1 Å². The van der Waals surface area contributed by atoms with Crippen molar-refractivity contribution in [2.24, 2.45) is 5.73 Å². The van der Waals surface area contributed by atoms with Crippen molar-refractivity contribution in [2.75, 3.05) is 0 Å². The number of carbonyl (C=O) groups is 1. The Morgan fingerprint density at radius 2 is 2.07 bits per heavy atom. The van der Waals surface area contributed by atoms with Crippen molar-refractivity contribution in [2.45, 2.75) is 27.2 Å². The molecule has 1 aromatic carbocycles. The van der Waals surface area contributed by atoms with Gasteiger partial charge in [0.15, 0.2) is 0 Å². The number of hydrogen-bond donors (Lipinski definition) is 1. The number of hydrogen-bond acceptors (Lipinski definition) is 1. The van der Waals surface area contributed by atoms with E-state index in [0.29, 0.717) is 5.56 Å². The zero-order valence-corrected chi connectivity index (χ0v) is 9.50. The highest BCUT2D eigenvalue weighted by atomic mass is 16.1. The Labute approximate surface area is 90.8 Å². The van der Waals surface area contributed by atoms with Crippen LogP contribution < -0.4 is 5.73 Å². The highest BCUT2D eigenvalue weighted by Gasteiger charge is 2.04. The molecule has 1 aromatic rings. The average Bonchev–Trinajstić information content (AvgIpc) is 2.17. The normalized spacial score (nSPS) is 9.80. The Morgan fingerprint density at radius 1 is 1.40 bits per heavy atom. The topological polar surface area (TPSA) is 43.1 Å². The lowest BCUT2D eigenvalue weighted by Gasteiger charge is -2.06. The number of allylic oxidation sites excluding steroid dienone is 1. The van der Waals surface area contributed by atoms with E-state index in [1.807, 2.05) is 12.1 Å². The van der Waals surface area contributed by atoms with Crippen LogP contribution in [-0.4, -0.2) is 5.91 Å². The smallest absolute Gasteiger partial charge is 0.248 e. The molecule has 0 saturated carbocycles. The maximum atomic E-state index is 11.0. The van der Waals surface area contributed by atoms with Crippen LogP contribution in [0.1, 0.15) is 42.3 Å². The number of aryl methyl sites for hydroxylation is 1. The van der Waals surface area contributed by atoms with Gasteiger partial charge in [0, 0.05) is 5.56 Å². The Hall–Kier alpha value is -1.57. The molecule has 0 bridgehead atoms. The Kier molecular flexibility index (Phi) is 3.67. The van der Waals surface area contributed by atoms with Gasteiger partial charge in [-0.2, -0.15) is 0 Å². The Bertz CT molecular complexity index is 401. The second kappa shape index (κ2) is 4.78. The average molecular weight is 203 g/mol. The van der Waals surface area contributed by atoms with Crippen LogP contribution in [-0.2, 0) is 6.42 Å². The number of rotatable bonds is 3. The van der Waals surface area contributed by atoms with E-state index < -0.39 is 0 Å². The second-order valence-corrected chi connectivity index (χ2v) is 3.85. The molecule has 80 valence electrons. The summed E-state index contributed by atoms with van der Waals surface area (Å²) in [5.74, 6) is -0.367. The van der Waals surface area contributed by atoms with Gasteiger partial charge in [0.05, 0.1) is 0 Å². The van der Waals surface area contributed by atoms with Crippen molar-refractivity contribution in [1.29, 1.82) is 0 Å². The van der Waals surface area contributed by atoms with E-state index in [0.717, 1.165) is 12.0 Å². The fourth-order valence-corrected chi connectivity index (χ4v) is 1.52. The van der Waals surface area contributed by atoms with Crippen LogP contribution in [0.3, 0.4) is 0 Å². The van der Waals surface area contributed by atoms with E-state index >= 15 is 0 Å². The molecule has 0 aliphatic heterocycles. The molecule has 2 nitrogen and oxygen atoms in total. The van der Waals surface area contributed by atoms with Gasteiger partial charge in [-0.05, 0) is 43.5 Å². The van der Waals surface area contributed by atoms with Gasteiger partial charge in [-0.15, -0.1) is 0 Å². The minimum absolute atomic E-state index is 0.367. The van der Waals surface area contributed by atoms with Crippen molar-refractivity contribution in [3.05, 3.63) is 40.5 Å². The molecule has 1 amide bonds. The molecule has 0 fully saturated rings. The van der Waals surface area contributed by atoms with E-state index in [1.54, 1.807) is 6.07 Å². The molecule has 1 rings (SSSR count). The first kappa shape index (κ1) is 11.5. The summed E-state index contributed by atoms with van der Waals surface area (Å²) in [4.78, 5) is 11.0. The zero-order chi connectivity index (χ0) is 11.4. The van der Waals surface area contributed by atoms with Crippen molar-refractivity contribution in [3.63, 3.8) is 0 Å². The largest absolute Gasteiger partial charge is 0.366 e. The van der Waals surface area contributed by atoms with E-state index in [4.69, 9.17) is 5.73 Å². The summed E-state index contributed by atoms with van der Waals surface area (Å²) in [7, 11) is 0. The Balaban J connectivity index is 3.21. The molecule has 2 heteroatoms. The fraction of sp³-hybridized carbons (Fsp3) is 0.308. The van der Waals surface area contributed by atoms with Gasteiger partial charge in [0.1, 0.15) is 0 Å². The van der Waals surface area contributed by atoms with Crippen LogP contribution in [0, 0.1) is 0 Å². The molecule has 0 radical (unpaired) electrons. The monoisotopic (exact) mass is 203 g/mol. The molecular formula is C13H17NO. The number of amides is 1. The van der Waals surface area contributed by atoms with Crippen LogP contribution in [0.2, 0.25) is 0 Å². The summed E-state index contributed by atoms with van der Waals surface area (Å²) >= 11 is 0. The number of nitrogens with two attached hydrogens (primary N) is 1. The highest BCUT2D eigenvalue weighted by molar-refractivity contribution is 5.93. The van der Waals surface area contributed by atoms with Gasteiger partial charge in [0.2, 0.25) is 5.91 Å². The van der Waals surface area contributed by atoms with E-state index in [9.17, 15) is 4.79 Å². The number of primary amides is 1. The lowest BCUT2D eigenvalue weighted by atomic mass is 10.00. The lowest BCUT2D eigenvalue weighted by Crippen LogP contribution is -2.11. The first-order valence-electron chi connectivity index (χ1n) is 5.12. The number of benzene rings is 1. The van der Waals surface area contributed by atoms with Crippen LogP contribution in [0.4, 0.5) is 0 Å². The quantitative estimate of drug-likeness (QED) is 0.806. The molecule has 0 aromatic heterocycles. The van der Waals surface area contributed by atoms with Gasteiger partial charge in [0.25, 0.3) is 0 Å². The maximum Gasteiger partial charge on any atom is 0.248 e. The molecule has 0 atom stereocenters. The summed E-state index contributed by atoms with van der Waals surface area (Å²) < 4.78 is 0. The van der Waals surface area contributed by atoms with Crippen LogP contribution in [0.5, 0.6) is 0 Å². The van der Waals surface area contributed by atoms with Gasteiger partial charge in [-0.1, -0.05) is 24.6 Å². The summed E-state index contributed by atoms with van der Waals surface area (Å²) in [6, 6.07) is 5.60. The zero-order valence-electron chi connectivity index (χ0n) is 9.50. The highest BCUT2D eigenvalue weighted by Crippen LogP contribution is 2.16. The SMILES string of the molecule is CCc1cc(C(N)=O)ccc1C=C(C)C. The van der Waals surface area contributed by atoms with Gasteiger partial charge in [-0.3, -0.25) is 4.79 Å². The molecule has 0 heterocycles. The third-order valence-electron chi connectivity index (χ3n) is 2.25. The fourth-order valence-electron chi connectivity index (χ4n) is 1.52. The number of carbonyl (C=O) groups excluding carboxylic acids is 1. The molecule has 0 spiro atoms. The van der Waals surface area contributed by atoms with Crippen molar-refractivity contribution in [1.82, 2.24) is 0 Å². The summed E-state index contributed by atoms with van der Waals surface area (Å²) in [5, 5.41) is 0. The molecule has 2 N–H and O–H groups in total. The molecule has 0 aliphatic carbocycles. The van der Waals surface area contributed by atoms with Gasteiger partial charge < -0.3 is 5.73 Å². The van der Waals surface area contributed by atoms with Crippen LogP contribution in [0.25, 0.3) is 6.08 Å². The predicted octanol–water partition coefficient (Wildman–Crippen LogP) is 2.77. The first-order chi connectivity index (χ1) is 7.04. The minimum atomic E-state index is -0.367. The van der Waals surface area contributed by atoms with Crippen molar-refractivity contribution in [3.8, 4) is 0 Å². The van der Waals surface area contributed by atoms with Crippen LogP contribution >= 0.6 is 0 Å². The predicted molar refractivity (Wildman–Crippen MR) is 63.7 cm³/mol.